The maximum atomic E-state index is 11.8. The topological polar surface area (TPSA) is 89.7 Å². The molecule has 7 heteroatoms. The number of nitrogens with two attached hydrogens (primary N) is 1. The number of rotatable bonds is 5. The summed E-state index contributed by atoms with van der Waals surface area (Å²) in [5, 5.41) is 0. The van der Waals surface area contributed by atoms with Crippen LogP contribution in [-0.4, -0.2) is 33.7 Å². The monoisotopic (exact) mass is 272 g/mol. The Hall–Kier alpha value is -1.76. The Labute approximate surface area is 106 Å². The van der Waals surface area contributed by atoms with E-state index in [1.165, 1.54) is 20.1 Å². The minimum absolute atomic E-state index is 0.336. The summed E-state index contributed by atoms with van der Waals surface area (Å²) in [5.74, 6) is -0.221. The summed E-state index contributed by atoms with van der Waals surface area (Å²) in [6.45, 7) is 1.43. The highest BCUT2D eigenvalue weighted by Crippen LogP contribution is 2.24. The summed E-state index contributed by atoms with van der Waals surface area (Å²) in [5.41, 5.74) is 5.50. The first-order chi connectivity index (χ1) is 8.27. The van der Waals surface area contributed by atoms with Gasteiger partial charge in [-0.1, -0.05) is 6.07 Å². The van der Waals surface area contributed by atoms with Crippen molar-refractivity contribution in [3.05, 3.63) is 24.3 Å². The highest BCUT2D eigenvalue weighted by atomic mass is 32.2. The second kappa shape index (κ2) is 5.26. The van der Waals surface area contributed by atoms with E-state index in [0.29, 0.717) is 11.4 Å². The molecule has 0 spiro atoms. The Bertz CT molecular complexity index is 542. The summed E-state index contributed by atoms with van der Waals surface area (Å²) in [6, 6.07) is 5.45. The molecule has 0 bridgehead atoms. The van der Waals surface area contributed by atoms with Gasteiger partial charge < -0.3 is 10.5 Å². The molecule has 0 radical (unpaired) electrons. The maximum absolute atomic E-state index is 11.8. The molecule has 0 unspecified atom stereocenters. The van der Waals surface area contributed by atoms with E-state index in [1.54, 1.807) is 18.2 Å². The van der Waals surface area contributed by atoms with Gasteiger partial charge in [0, 0.05) is 6.07 Å². The second-order valence-electron chi connectivity index (χ2n) is 3.84. The van der Waals surface area contributed by atoms with E-state index in [9.17, 15) is 13.2 Å². The number of carbonyl (C=O) groups is 1. The van der Waals surface area contributed by atoms with Gasteiger partial charge in [0.25, 0.3) is 0 Å². The van der Waals surface area contributed by atoms with Gasteiger partial charge >= 0.3 is 0 Å². The number of hydrogen-bond acceptors (Lipinski definition) is 4. The van der Waals surface area contributed by atoms with Crippen LogP contribution in [0, 0.1) is 0 Å². The van der Waals surface area contributed by atoms with Crippen molar-refractivity contribution in [1.82, 2.24) is 0 Å². The predicted octanol–water partition coefficient (Wildman–Crippen LogP) is 0.335. The number of benzene rings is 1. The molecule has 1 aromatic rings. The molecule has 1 amide bonds. The van der Waals surface area contributed by atoms with Gasteiger partial charge in [-0.15, -0.1) is 0 Å². The van der Waals surface area contributed by atoms with Crippen molar-refractivity contribution in [2.45, 2.75) is 13.0 Å². The van der Waals surface area contributed by atoms with Crippen LogP contribution < -0.4 is 14.8 Å². The lowest BCUT2D eigenvalue weighted by Gasteiger charge is -2.27. The van der Waals surface area contributed by atoms with Gasteiger partial charge in [0.05, 0.1) is 19.1 Å². The van der Waals surface area contributed by atoms with Crippen LogP contribution in [-0.2, 0) is 14.8 Å². The number of ether oxygens (including phenoxy) is 1. The smallest absolute Gasteiger partial charge is 0.241 e. The van der Waals surface area contributed by atoms with Crippen LogP contribution in [0.2, 0.25) is 0 Å². The highest BCUT2D eigenvalue weighted by molar-refractivity contribution is 7.92. The van der Waals surface area contributed by atoms with Crippen LogP contribution in [0.5, 0.6) is 5.75 Å². The van der Waals surface area contributed by atoms with Gasteiger partial charge in [-0.05, 0) is 19.1 Å². The van der Waals surface area contributed by atoms with E-state index in [1.807, 2.05) is 0 Å². The zero-order valence-corrected chi connectivity index (χ0v) is 11.3. The Balaban J connectivity index is 3.30. The molecule has 0 saturated heterocycles. The lowest BCUT2D eigenvalue weighted by molar-refractivity contribution is -0.118. The number of hydrogen-bond donors (Lipinski definition) is 1. The number of sulfonamides is 1. The Kier molecular flexibility index (Phi) is 4.18. The fourth-order valence-electron chi connectivity index (χ4n) is 1.57. The van der Waals surface area contributed by atoms with Crippen LogP contribution in [0.4, 0.5) is 5.69 Å². The molecule has 1 aromatic carbocycles. The van der Waals surface area contributed by atoms with Crippen LogP contribution in [0.1, 0.15) is 6.92 Å². The van der Waals surface area contributed by atoms with E-state index in [-0.39, 0.29) is 0 Å². The third-order valence-electron chi connectivity index (χ3n) is 2.43. The van der Waals surface area contributed by atoms with E-state index in [2.05, 4.69) is 0 Å². The molecule has 6 nitrogen and oxygen atoms in total. The lowest BCUT2D eigenvalue weighted by Crippen LogP contribution is -2.45. The SMILES string of the molecule is COc1cccc(N([C@@H](C)C(N)=O)S(C)(=O)=O)c1. The second-order valence-corrected chi connectivity index (χ2v) is 5.70. The molecule has 0 saturated carbocycles. The summed E-state index contributed by atoms with van der Waals surface area (Å²) in [6.07, 6.45) is 1.02. The van der Waals surface area contributed by atoms with Crippen molar-refractivity contribution in [3.63, 3.8) is 0 Å². The van der Waals surface area contributed by atoms with Gasteiger partial charge in [-0.25, -0.2) is 8.42 Å². The van der Waals surface area contributed by atoms with Crippen molar-refractivity contribution in [2.75, 3.05) is 17.7 Å². The van der Waals surface area contributed by atoms with Crippen LogP contribution >= 0.6 is 0 Å². The summed E-state index contributed by atoms with van der Waals surface area (Å²) in [7, 11) is -2.14. The van der Waals surface area contributed by atoms with E-state index in [0.717, 1.165) is 10.6 Å². The van der Waals surface area contributed by atoms with Crippen molar-refractivity contribution >= 4 is 21.6 Å². The molecule has 0 aliphatic heterocycles. The van der Waals surface area contributed by atoms with Gasteiger partial charge in [0.1, 0.15) is 11.8 Å². The number of nitrogens with zero attached hydrogens (tertiary/aromatic N) is 1. The van der Waals surface area contributed by atoms with Crippen LogP contribution in [0.15, 0.2) is 24.3 Å². The standard InChI is InChI=1S/C11H16N2O4S/c1-8(11(12)14)13(18(3,15)16)9-5-4-6-10(7-9)17-2/h4-8H,1-3H3,(H2,12,14)/t8-/m0/s1. The van der Waals surface area contributed by atoms with Crippen molar-refractivity contribution in [1.29, 1.82) is 0 Å². The number of carbonyl (C=O) groups excluding carboxylic acids is 1. The zero-order valence-electron chi connectivity index (χ0n) is 10.5. The van der Waals surface area contributed by atoms with Gasteiger partial charge in [-0.2, -0.15) is 0 Å². The number of methoxy groups -OCH3 is 1. The molecule has 0 aliphatic carbocycles. The minimum atomic E-state index is -3.61. The Morgan fingerprint density at radius 1 is 1.44 bits per heavy atom. The largest absolute Gasteiger partial charge is 0.497 e. The molecule has 1 rings (SSSR count). The maximum Gasteiger partial charge on any atom is 0.241 e. The van der Waals surface area contributed by atoms with Crippen LogP contribution in [0.3, 0.4) is 0 Å². The van der Waals surface area contributed by atoms with Gasteiger partial charge in [0.15, 0.2) is 0 Å². The first-order valence-electron chi connectivity index (χ1n) is 5.20. The predicted molar refractivity (Wildman–Crippen MR) is 69.0 cm³/mol. The third kappa shape index (κ3) is 3.13. The first kappa shape index (κ1) is 14.3. The molecule has 0 fully saturated rings. The Morgan fingerprint density at radius 3 is 2.50 bits per heavy atom. The van der Waals surface area contributed by atoms with Crippen molar-refractivity contribution < 1.29 is 17.9 Å². The zero-order chi connectivity index (χ0) is 13.9. The fourth-order valence-corrected chi connectivity index (χ4v) is 2.74. The molecule has 1 atom stereocenters. The first-order valence-corrected chi connectivity index (χ1v) is 7.05. The quantitative estimate of drug-likeness (QED) is 0.836. The lowest BCUT2D eigenvalue weighted by atomic mass is 10.2. The number of anilines is 1. The third-order valence-corrected chi connectivity index (χ3v) is 3.67. The van der Waals surface area contributed by atoms with E-state index in [4.69, 9.17) is 10.5 Å². The molecule has 18 heavy (non-hydrogen) atoms. The fraction of sp³-hybridized carbons (Fsp3) is 0.364. The molecule has 100 valence electrons. The highest BCUT2D eigenvalue weighted by Gasteiger charge is 2.27. The normalized spacial score (nSPS) is 12.8. The van der Waals surface area contributed by atoms with Gasteiger partial charge in [-0.3, -0.25) is 9.10 Å². The molecular weight excluding hydrogens is 256 g/mol. The summed E-state index contributed by atoms with van der Waals surface area (Å²) >= 11 is 0. The number of amides is 1. The number of primary amides is 1. The van der Waals surface area contributed by atoms with Crippen molar-refractivity contribution in [3.8, 4) is 5.75 Å². The molecule has 0 heterocycles. The van der Waals surface area contributed by atoms with Crippen molar-refractivity contribution in [2.24, 2.45) is 5.73 Å². The van der Waals surface area contributed by atoms with E-state index < -0.39 is 22.0 Å². The van der Waals surface area contributed by atoms with E-state index >= 15 is 0 Å². The minimum Gasteiger partial charge on any atom is -0.497 e. The molecule has 0 aliphatic rings. The van der Waals surface area contributed by atoms with Crippen LogP contribution in [0.25, 0.3) is 0 Å². The summed E-state index contributed by atoms with van der Waals surface area (Å²) < 4.78 is 29.5. The summed E-state index contributed by atoms with van der Waals surface area (Å²) in [4.78, 5) is 11.2. The van der Waals surface area contributed by atoms with Gasteiger partial charge in [0.2, 0.25) is 15.9 Å². The average Bonchev–Trinajstić information content (AvgIpc) is 2.27. The molecule has 2 N–H and O–H groups in total. The molecule has 0 aromatic heterocycles. The molecular formula is C11H16N2O4S. The average molecular weight is 272 g/mol. The Morgan fingerprint density at radius 2 is 2.06 bits per heavy atom.